The zero-order valence-corrected chi connectivity index (χ0v) is 11.5. The van der Waals surface area contributed by atoms with Gasteiger partial charge < -0.3 is 9.84 Å². The first-order chi connectivity index (χ1) is 7.36. The fourth-order valence-corrected chi connectivity index (χ4v) is 3.04. The van der Waals surface area contributed by atoms with Gasteiger partial charge in [0.25, 0.3) is 0 Å². The largest absolute Gasteiger partial charge is 0.390 e. The van der Waals surface area contributed by atoms with Gasteiger partial charge >= 0.3 is 0 Å². The van der Waals surface area contributed by atoms with Crippen LogP contribution in [0.3, 0.4) is 0 Å². The highest BCUT2D eigenvalue weighted by atomic mass is 16.5. The van der Waals surface area contributed by atoms with Gasteiger partial charge in [0.2, 0.25) is 0 Å². The summed E-state index contributed by atoms with van der Waals surface area (Å²) in [5, 5.41) is 10.5. The van der Waals surface area contributed by atoms with E-state index in [4.69, 9.17) is 4.74 Å². The molecule has 1 aliphatic rings. The molecule has 1 rings (SSSR count). The monoisotopic (exact) mass is 228 g/mol. The molecule has 1 aliphatic carbocycles. The Hall–Kier alpha value is -0.0800. The van der Waals surface area contributed by atoms with E-state index in [9.17, 15) is 5.11 Å². The van der Waals surface area contributed by atoms with E-state index in [0.717, 1.165) is 18.8 Å². The normalized spacial score (nSPS) is 31.1. The van der Waals surface area contributed by atoms with Crippen molar-refractivity contribution in [2.45, 2.75) is 65.6 Å². The fourth-order valence-electron chi connectivity index (χ4n) is 3.04. The number of aliphatic hydroxyl groups excluding tert-OH is 1. The summed E-state index contributed by atoms with van der Waals surface area (Å²) in [6.45, 7) is 8.70. The predicted molar refractivity (Wildman–Crippen MR) is 67.4 cm³/mol. The summed E-state index contributed by atoms with van der Waals surface area (Å²) >= 11 is 0. The highest BCUT2D eigenvalue weighted by Crippen LogP contribution is 2.36. The van der Waals surface area contributed by atoms with E-state index in [1.54, 1.807) is 7.11 Å². The van der Waals surface area contributed by atoms with Gasteiger partial charge in [0.15, 0.2) is 0 Å². The molecule has 0 radical (unpaired) electrons. The van der Waals surface area contributed by atoms with E-state index < -0.39 is 0 Å². The van der Waals surface area contributed by atoms with Crippen LogP contribution in [0.4, 0.5) is 0 Å². The fraction of sp³-hybridized carbons (Fsp3) is 1.00. The Bertz CT molecular complexity index is 207. The van der Waals surface area contributed by atoms with Crippen LogP contribution in [0.1, 0.15) is 53.4 Å². The zero-order valence-electron chi connectivity index (χ0n) is 11.5. The molecule has 1 N–H and O–H groups in total. The Balaban J connectivity index is 2.63. The molecule has 0 aromatic heterocycles. The van der Waals surface area contributed by atoms with Gasteiger partial charge in [0.1, 0.15) is 0 Å². The lowest BCUT2D eigenvalue weighted by Gasteiger charge is -2.39. The van der Waals surface area contributed by atoms with Gasteiger partial charge in [-0.1, -0.05) is 40.5 Å². The van der Waals surface area contributed by atoms with Crippen molar-refractivity contribution in [2.24, 2.45) is 17.3 Å². The molecule has 1 saturated carbocycles. The van der Waals surface area contributed by atoms with Crippen LogP contribution in [-0.2, 0) is 4.74 Å². The van der Waals surface area contributed by atoms with Gasteiger partial charge in [-0.3, -0.25) is 0 Å². The molecule has 4 unspecified atom stereocenters. The Kier molecular flexibility index (Phi) is 4.81. The van der Waals surface area contributed by atoms with Gasteiger partial charge in [-0.15, -0.1) is 0 Å². The molecule has 0 spiro atoms. The molecule has 0 saturated heterocycles. The van der Waals surface area contributed by atoms with E-state index in [1.165, 1.54) is 12.8 Å². The van der Waals surface area contributed by atoms with Crippen LogP contribution in [0.15, 0.2) is 0 Å². The van der Waals surface area contributed by atoms with E-state index in [0.29, 0.717) is 5.92 Å². The summed E-state index contributed by atoms with van der Waals surface area (Å²) < 4.78 is 5.51. The lowest BCUT2D eigenvalue weighted by atomic mass is 9.74. The number of aliphatic hydroxyl groups is 1. The highest BCUT2D eigenvalue weighted by Gasteiger charge is 2.37. The summed E-state index contributed by atoms with van der Waals surface area (Å²) in [5.74, 6) is 1.18. The average Bonchev–Trinajstić information content (AvgIpc) is 2.16. The van der Waals surface area contributed by atoms with Crippen molar-refractivity contribution in [3.63, 3.8) is 0 Å². The Labute approximate surface area is 100 Å². The summed E-state index contributed by atoms with van der Waals surface area (Å²) in [5.41, 5.74) is 0.00878. The Morgan fingerprint density at radius 2 is 1.88 bits per heavy atom. The molecule has 0 bridgehead atoms. The maximum Gasteiger partial charge on any atom is 0.0880 e. The van der Waals surface area contributed by atoms with Crippen LogP contribution in [-0.4, -0.2) is 24.4 Å². The molecule has 16 heavy (non-hydrogen) atoms. The smallest absolute Gasteiger partial charge is 0.0880 e. The number of hydrogen-bond acceptors (Lipinski definition) is 2. The maximum atomic E-state index is 10.5. The maximum absolute atomic E-state index is 10.5. The van der Waals surface area contributed by atoms with Crippen LogP contribution in [0.2, 0.25) is 0 Å². The molecular formula is C14H28O2. The minimum Gasteiger partial charge on any atom is -0.390 e. The number of methoxy groups -OCH3 is 1. The van der Waals surface area contributed by atoms with Gasteiger partial charge in [-0.25, -0.2) is 0 Å². The minimum absolute atomic E-state index is 0.00878. The molecule has 0 aromatic carbocycles. The first-order valence-corrected chi connectivity index (χ1v) is 6.57. The zero-order chi connectivity index (χ0) is 12.3. The second-order valence-corrected chi connectivity index (χ2v) is 6.54. The third kappa shape index (κ3) is 3.46. The van der Waals surface area contributed by atoms with Crippen molar-refractivity contribution < 1.29 is 9.84 Å². The molecule has 2 heteroatoms. The lowest BCUT2D eigenvalue weighted by Crippen LogP contribution is -2.44. The SMILES string of the molecule is COC(C(O)C1CCCC(C)C1)C(C)(C)C. The summed E-state index contributed by atoms with van der Waals surface area (Å²) in [7, 11) is 1.71. The first-order valence-electron chi connectivity index (χ1n) is 6.57. The topological polar surface area (TPSA) is 29.5 Å². The Morgan fingerprint density at radius 3 is 2.31 bits per heavy atom. The quantitative estimate of drug-likeness (QED) is 0.803. The van der Waals surface area contributed by atoms with Crippen LogP contribution in [0.5, 0.6) is 0 Å². The molecule has 0 heterocycles. The van der Waals surface area contributed by atoms with Gasteiger partial charge in [-0.2, -0.15) is 0 Å². The highest BCUT2D eigenvalue weighted by molar-refractivity contribution is 4.87. The van der Waals surface area contributed by atoms with E-state index in [2.05, 4.69) is 27.7 Å². The molecule has 96 valence electrons. The lowest BCUT2D eigenvalue weighted by molar-refractivity contribution is -0.100. The van der Waals surface area contributed by atoms with Crippen molar-refractivity contribution in [3.05, 3.63) is 0 Å². The van der Waals surface area contributed by atoms with Gasteiger partial charge in [0, 0.05) is 7.11 Å². The molecule has 0 amide bonds. The number of rotatable bonds is 3. The van der Waals surface area contributed by atoms with Gasteiger partial charge in [0.05, 0.1) is 12.2 Å². The Morgan fingerprint density at radius 1 is 1.25 bits per heavy atom. The molecule has 1 fully saturated rings. The minimum atomic E-state index is -0.312. The van der Waals surface area contributed by atoms with E-state index in [1.807, 2.05) is 0 Å². The number of ether oxygens (including phenoxy) is 1. The van der Waals surface area contributed by atoms with E-state index in [-0.39, 0.29) is 17.6 Å². The summed E-state index contributed by atoms with van der Waals surface area (Å²) in [4.78, 5) is 0. The first kappa shape index (κ1) is 14.0. The standard InChI is InChI=1S/C14H28O2/c1-10-7-6-8-11(9-10)12(15)13(16-5)14(2,3)4/h10-13,15H,6-9H2,1-5H3. The molecule has 2 nitrogen and oxygen atoms in total. The van der Waals surface area contributed by atoms with Crippen molar-refractivity contribution in [2.75, 3.05) is 7.11 Å². The van der Waals surface area contributed by atoms with Crippen molar-refractivity contribution >= 4 is 0 Å². The van der Waals surface area contributed by atoms with Crippen molar-refractivity contribution in [1.82, 2.24) is 0 Å². The predicted octanol–water partition coefficient (Wildman–Crippen LogP) is 3.23. The molecule has 4 atom stereocenters. The third-order valence-electron chi connectivity index (χ3n) is 3.88. The van der Waals surface area contributed by atoms with Crippen LogP contribution >= 0.6 is 0 Å². The second-order valence-electron chi connectivity index (χ2n) is 6.54. The molecular weight excluding hydrogens is 200 g/mol. The average molecular weight is 228 g/mol. The third-order valence-corrected chi connectivity index (χ3v) is 3.88. The summed E-state index contributed by atoms with van der Waals surface area (Å²) in [6.07, 6.45) is 4.51. The van der Waals surface area contributed by atoms with Gasteiger partial charge in [-0.05, 0) is 30.1 Å². The van der Waals surface area contributed by atoms with Crippen molar-refractivity contribution in [3.8, 4) is 0 Å². The molecule has 0 aliphatic heterocycles. The van der Waals surface area contributed by atoms with Crippen LogP contribution < -0.4 is 0 Å². The number of hydrogen-bond donors (Lipinski definition) is 1. The molecule has 0 aromatic rings. The van der Waals surface area contributed by atoms with Crippen molar-refractivity contribution in [1.29, 1.82) is 0 Å². The van der Waals surface area contributed by atoms with Crippen LogP contribution in [0.25, 0.3) is 0 Å². The summed E-state index contributed by atoms with van der Waals surface area (Å²) in [6, 6.07) is 0. The van der Waals surface area contributed by atoms with Crippen LogP contribution in [0, 0.1) is 17.3 Å². The second kappa shape index (κ2) is 5.50. The van der Waals surface area contributed by atoms with E-state index >= 15 is 0 Å².